The van der Waals surface area contributed by atoms with Crippen molar-refractivity contribution in [2.24, 2.45) is 0 Å². The predicted octanol–water partition coefficient (Wildman–Crippen LogP) is 4.74. The Balaban J connectivity index is 2.16. The molecule has 0 fully saturated rings. The zero-order valence-corrected chi connectivity index (χ0v) is 13.2. The molecule has 106 valence electrons. The second-order valence-electron chi connectivity index (χ2n) is 4.73. The summed E-state index contributed by atoms with van der Waals surface area (Å²) in [4.78, 5) is 12.7. The highest BCUT2D eigenvalue weighted by Crippen LogP contribution is 2.31. The minimum atomic E-state index is -0.169. The highest BCUT2D eigenvalue weighted by molar-refractivity contribution is 9.10. The van der Waals surface area contributed by atoms with Crippen molar-refractivity contribution in [3.05, 3.63) is 63.8 Å². The number of furan rings is 1. The minimum absolute atomic E-state index is 0.169. The first-order valence-corrected chi connectivity index (χ1v) is 7.27. The van der Waals surface area contributed by atoms with E-state index >= 15 is 0 Å². The molecule has 0 unspecified atom stereocenters. The van der Waals surface area contributed by atoms with Gasteiger partial charge in [0.05, 0.1) is 12.7 Å². The van der Waals surface area contributed by atoms with Crippen molar-refractivity contribution >= 4 is 32.7 Å². The van der Waals surface area contributed by atoms with Crippen LogP contribution >= 0.6 is 15.9 Å². The van der Waals surface area contributed by atoms with Crippen LogP contribution in [0.3, 0.4) is 0 Å². The summed E-state index contributed by atoms with van der Waals surface area (Å²) in [6.07, 6.45) is 0. The Morgan fingerprint density at radius 1 is 1.19 bits per heavy atom. The Labute approximate surface area is 130 Å². The van der Waals surface area contributed by atoms with Crippen molar-refractivity contribution in [3.63, 3.8) is 0 Å². The van der Waals surface area contributed by atoms with E-state index in [1.807, 2.05) is 37.3 Å². The van der Waals surface area contributed by atoms with Crippen LogP contribution in [0.15, 0.2) is 51.4 Å². The van der Waals surface area contributed by atoms with Crippen LogP contribution in [0.2, 0.25) is 0 Å². The van der Waals surface area contributed by atoms with Gasteiger partial charge >= 0.3 is 0 Å². The van der Waals surface area contributed by atoms with Crippen LogP contribution in [0.4, 0.5) is 0 Å². The van der Waals surface area contributed by atoms with Gasteiger partial charge in [-0.2, -0.15) is 0 Å². The number of halogens is 1. The first-order valence-electron chi connectivity index (χ1n) is 6.48. The molecule has 0 aliphatic heterocycles. The van der Waals surface area contributed by atoms with Gasteiger partial charge in [0, 0.05) is 15.4 Å². The monoisotopic (exact) mass is 344 g/mol. The van der Waals surface area contributed by atoms with Gasteiger partial charge in [-0.3, -0.25) is 4.79 Å². The standard InChI is InChI=1S/C17H13BrO3/c1-10-12-8-7-11(18)9-15(12)21-17(10)16(19)13-5-3-4-6-14(13)20-2/h3-9H,1-2H3. The van der Waals surface area contributed by atoms with Gasteiger partial charge in [0.15, 0.2) is 5.76 Å². The topological polar surface area (TPSA) is 39.4 Å². The smallest absolute Gasteiger partial charge is 0.232 e. The number of benzene rings is 2. The molecule has 3 nitrogen and oxygen atoms in total. The van der Waals surface area contributed by atoms with Crippen LogP contribution in [-0.2, 0) is 0 Å². The van der Waals surface area contributed by atoms with E-state index in [2.05, 4.69) is 15.9 Å². The predicted molar refractivity (Wildman–Crippen MR) is 85.1 cm³/mol. The van der Waals surface area contributed by atoms with Crippen molar-refractivity contribution < 1.29 is 13.9 Å². The quantitative estimate of drug-likeness (QED) is 0.644. The number of hydrogen-bond donors (Lipinski definition) is 0. The van der Waals surface area contributed by atoms with E-state index < -0.39 is 0 Å². The second-order valence-corrected chi connectivity index (χ2v) is 5.64. The molecule has 1 aromatic heterocycles. The summed E-state index contributed by atoms with van der Waals surface area (Å²) in [5, 5.41) is 0.941. The third-order valence-electron chi connectivity index (χ3n) is 3.46. The molecule has 0 saturated heterocycles. The Morgan fingerprint density at radius 3 is 2.71 bits per heavy atom. The summed E-state index contributed by atoms with van der Waals surface area (Å²) >= 11 is 3.41. The fraction of sp³-hybridized carbons (Fsp3) is 0.118. The van der Waals surface area contributed by atoms with Crippen LogP contribution in [0, 0.1) is 6.92 Å². The van der Waals surface area contributed by atoms with Gasteiger partial charge in [0.1, 0.15) is 11.3 Å². The maximum absolute atomic E-state index is 12.7. The van der Waals surface area contributed by atoms with Crippen molar-refractivity contribution in [2.45, 2.75) is 6.92 Å². The fourth-order valence-corrected chi connectivity index (χ4v) is 2.71. The molecule has 0 bridgehead atoms. The van der Waals surface area contributed by atoms with Gasteiger partial charge in [-0.05, 0) is 37.3 Å². The Hall–Kier alpha value is -2.07. The number of rotatable bonds is 3. The summed E-state index contributed by atoms with van der Waals surface area (Å²) in [6.45, 7) is 1.89. The van der Waals surface area contributed by atoms with E-state index in [0.717, 1.165) is 15.4 Å². The molecule has 0 saturated carbocycles. The largest absolute Gasteiger partial charge is 0.496 e. The molecule has 0 spiro atoms. The van der Waals surface area contributed by atoms with E-state index in [9.17, 15) is 4.79 Å². The molecule has 3 aromatic rings. The maximum Gasteiger partial charge on any atom is 0.232 e. The highest BCUT2D eigenvalue weighted by atomic mass is 79.9. The van der Waals surface area contributed by atoms with Crippen molar-refractivity contribution in [2.75, 3.05) is 7.11 Å². The number of carbonyl (C=O) groups excluding carboxylic acids is 1. The van der Waals surface area contributed by atoms with Crippen LogP contribution < -0.4 is 4.74 Å². The van der Waals surface area contributed by atoms with Gasteiger partial charge < -0.3 is 9.15 Å². The first-order chi connectivity index (χ1) is 10.1. The molecule has 2 aromatic carbocycles. The van der Waals surface area contributed by atoms with E-state index in [4.69, 9.17) is 9.15 Å². The summed E-state index contributed by atoms with van der Waals surface area (Å²) in [6, 6.07) is 12.9. The number of ether oxygens (including phenoxy) is 1. The third-order valence-corrected chi connectivity index (χ3v) is 3.95. The van der Waals surface area contributed by atoms with Crippen LogP contribution in [0.25, 0.3) is 11.0 Å². The summed E-state index contributed by atoms with van der Waals surface area (Å²) in [7, 11) is 1.55. The number of ketones is 1. The van der Waals surface area contributed by atoms with Crippen LogP contribution in [0.1, 0.15) is 21.7 Å². The minimum Gasteiger partial charge on any atom is -0.496 e. The zero-order valence-electron chi connectivity index (χ0n) is 11.6. The highest BCUT2D eigenvalue weighted by Gasteiger charge is 2.21. The molecule has 0 radical (unpaired) electrons. The molecule has 4 heteroatoms. The van der Waals surface area contributed by atoms with Crippen LogP contribution in [0.5, 0.6) is 5.75 Å². The lowest BCUT2D eigenvalue weighted by Crippen LogP contribution is -2.04. The molecule has 0 atom stereocenters. The Bertz CT molecular complexity index is 833. The lowest BCUT2D eigenvalue weighted by atomic mass is 10.0. The molecule has 3 rings (SSSR count). The molecule has 0 aliphatic carbocycles. The average Bonchev–Trinajstić information content (AvgIpc) is 2.82. The third kappa shape index (κ3) is 2.36. The van der Waals surface area contributed by atoms with Crippen molar-refractivity contribution in [1.82, 2.24) is 0 Å². The average molecular weight is 345 g/mol. The molecule has 1 heterocycles. The lowest BCUT2D eigenvalue weighted by Gasteiger charge is -2.05. The number of para-hydroxylation sites is 1. The Kier molecular flexibility index (Phi) is 3.55. The van der Waals surface area contributed by atoms with Gasteiger partial charge in [-0.15, -0.1) is 0 Å². The number of hydrogen-bond acceptors (Lipinski definition) is 3. The lowest BCUT2D eigenvalue weighted by molar-refractivity contribution is 0.101. The molecular weight excluding hydrogens is 332 g/mol. The number of carbonyl (C=O) groups is 1. The van der Waals surface area contributed by atoms with E-state index in [1.165, 1.54) is 0 Å². The zero-order chi connectivity index (χ0) is 15.0. The van der Waals surface area contributed by atoms with E-state index in [-0.39, 0.29) is 5.78 Å². The number of methoxy groups -OCH3 is 1. The summed E-state index contributed by atoms with van der Waals surface area (Å²) in [5.41, 5.74) is 2.04. The maximum atomic E-state index is 12.7. The van der Waals surface area contributed by atoms with Crippen molar-refractivity contribution in [3.8, 4) is 5.75 Å². The SMILES string of the molecule is COc1ccccc1C(=O)c1oc2cc(Br)ccc2c1C. The molecule has 0 amide bonds. The van der Waals surface area contributed by atoms with Gasteiger partial charge in [0.25, 0.3) is 0 Å². The number of aryl methyl sites for hydroxylation is 1. The van der Waals surface area contributed by atoms with Crippen LogP contribution in [-0.4, -0.2) is 12.9 Å². The molecule has 0 N–H and O–H groups in total. The first kappa shape index (κ1) is 13.9. The summed E-state index contributed by atoms with van der Waals surface area (Å²) in [5.74, 6) is 0.730. The fourth-order valence-electron chi connectivity index (χ4n) is 2.37. The Morgan fingerprint density at radius 2 is 1.95 bits per heavy atom. The van der Waals surface area contributed by atoms with Gasteiger partial charge in [-0.25, -0.2) is 0 Å². The molecule has 21 heavy (non-hydrogen) atoms. The molecular formula is C17H13BrO3. The van der Waals surface area contributed by atoms with Crippen molar-refractivity contribution in [1.29, 1.82) is 0 Å². The normalized spacial score (nSPS) is 10.8. The van der Waals surface area contributed by atoms with E-state index in [0.29, 0.717) is 22.7 Å². The van der Waals surface area contributed by atoms with Gasteiger partial charge in [0.2, 0.25) is 5.78 Å². The van der Waals surface area contributed by atoms with E-state index in [1.54, 1.807) is 19.2 Å². The second kappa shape index (κ2) is 5.37. The number of fused-ring (bicyclic) bond motifs is 1. The summed E-state index contributed by atoms with van der Waals surface area (Å²) < 4.78 is 11.9. The van der Waals surface area contributed by atoms with Gasteiger partial charge in [-0.1, -0.05) is 28.1 Å². The molecule has 0 aliphatic rings.